The van der Waals surface area contributed by atoms with Crippen LogP contribution in [0.1, 0.15) is 5.56 Å². The third kappa shape index (κ3) is 4.49. The highest BCUT2D eigenvalue weighted by Gasteiger charge is 2.21. The van der Waals surface area contributed by atoms with E-state index in [9.17, 15) is 8.42 Å². The van der Waals surface area contributed by atoms with Crippen molar-refractivity contribution in [1.82, 2.24) is 0 Å². The third-order valence-corrected chi connectivity index (χ3v) is 5.86. The van der Waals surface area contributed by atoms with Gasteiger partial charge in [0.25, 0.3) is 10.0 Å². The first-order valence-electron chi connectivity index (χ1n) is 7.69. The van der Waals surface area contributed by atoms with Gasteiger partial charge in [-0.05, 0) is 29.8 Å². The Bertz CT molecular complexity index is 988. The normalized spacial score (nSPS) is 11.2. The van der Waals surface area contributed by atoms with E-state index >= 15 is 0 Å². The Morgan fingerprint density at radius 2 is 1.50 bits per heavy atom. The van der Waals surface area contributed by atoms with Crippen LogP contribution in [-0.4, -0.2) is 8.42 Å². The lowest BCUT2D eigenvalue weighted by molar-refractivity contribution is 0.306. The van der Waals surface area contributed by atoms with E-state index in [0.29, 0.717) is 18.0 Å². The van der Waals surface area contributed by atoms with Crippen LogP contribution in [0.5, 0.6) is 5.75 Å². The molecule has 0 spiro atoms. The zero-order chi connectivity index (χ0) is 18.6. The van der Waals surface area contributed by atoms with Crippen molar-refractivity contribution < 1.29 is 13.2 Å². The molecule has 26 heavy (non-hydrogen) atoms. The number of halogens is 2. The minimum atomic E-state index is -3.93. The number of sulfonamides is 1. The van der Waals surface area contributed by atoms with Crippen molar-refractivity contribution in [1.29, 1.82) is 0 Å². The average molecular weight is 408 g/mol. The molecular weight excluding hydrogens is 393 g/mol. The van der Waals surface area contributed by atoms with E-state index in [0.717, 1.165) is 5.56 Å². The number of anilines is 1. The van der Waals surface area contributed by atoms with E-state index in [1.807, 2.05) is 30.3 Å². The Labute approximate surface area is 162 Å². The molecule has 1 N–H and O–H groups in total. The number of benzene rings is 3. The highest BCUT2D eigenvalue weighted by molar-refractivity contribution is 7.93. The second-order valence-corrected chi connectivity index (χ2v) is 7.89. The first-order valence-corrected chi connectivity index (χ1v) is 9.93. The van der Waals surface area contributed by atoms with Gasteiger partial charge >= 0.3 is 0 Å². The van der Waals surface area contributed by atoms with Crippen LogP contribution in [-0.2, 0) is 16.6 Å². The predicted octanol–water partition coefficient (Wildman–Crippen LogP) is 5.37. The summed E-state index contributed by atoms with van der Waals surface area (Å²) in [4.78, 5) is -0.154. The van der Waals surface area contributed by atoms with Crippen LogP contribution in [0.25, 0.3) is 0 Å². The molecular formula is C19H15Cl2NO3S. The molecule has 0 saturated heterocycles. The van der Waals surface area contributed by atoms with Crippen LogP contribution < -0.4 is 9.46 Å². The van der Waals surface area contributed by atoms with E-state index in [4.69, 9.17) is 27.9 Å². The minimum absolute atomic E-state index is 0.0569. The minimum Gasteiger partial charge on any atom is -0.489 e. The van der Waals surface area contributed by atoms with Gasteiger partial charge in [0.05, 0.1) is 15.7 Å². The van der Waals surface area contributed by atoms with E-state index < -0.39 is 10.0 Å². The number of rotatable bonds is 6. The summed E-state index contributed by atoms with van der Waals surface area (Å²) in [6.07, 6.45) is 0. The van der Waals surface area contributed by atoms with Crippen LogP contribution >= 0.6 is 23.2 Å². The Hall–Kier alpha value is -2.21. The van der Waals surface area contributed by atoms with Crippen molar-refractivity contribution in [3.63, 3.8) is 0 Å². The molecule has 0 saturated carbocycles. The second kappa shape index (κ2) is 7.99. The van der Waals surface area contributed by atoms with Gasteiger partial charge in [-0.25, -0.2) is 8.42 Å². The topological polar surface area (TPSA) is 55.4 Å². The van der Waals surface area contributed by atoms with Gasteiger partial charge in [0.2, 0.25) is 0 Å². The zero-order valence-electron chi connectivity index (χ0n) is 13.5. The van der Waals surface area contributed by atoms with E-state index in [1.165, 1.54) is 12.1 Å². The van der Waals surface area contributed by atoms with Gasteiger partial charge in [-0.2, -0.15) is 0 Å². The standard InChI is InChI=1S/C19H15Cl2NO3S/c20-17-10-5-11-18(21)19(17)26(23,24)22-15-8-4-9-16(12-15)25-13-14-6-2-1-3-7-14/h1-12,22H,13H2. The van der Waals surface area contributed by atoms with Gasteiger partial charge < -0.3 is 4.74 Å². The molecule has 134 valence electrons. The van der Waals surface area contributed by atoms with Crippen LogP contribution in [0.3, 0.4) is 0 Å². The zero-order valence-corrected chi connectivity index (χ0v) is 15.9. The maximum Gasteiger partial charge on any atom is 0.264 e. The van der Waals surface area contributed by atoms with Crippen molar-refractivity contribution in [2.75, 3.05) is 4.72 Å². The van der Waals surface area contributed by atoms with Crippen molar-refractivity contribution in [3.8, 4) is 5.75 Å². The van der Waals surface area contributed by atoms with Crippen LogP contribution in [0.15, 0.2) is 77.7 Å². The van der Waals surface area contributed by atoms with E-state index in [-0.39, 0.29) is 14.9 Å². The van der Waals surface area contributed by atoms with Gasteiger partial charge in [0.1, 0.15) is 17.3 Å². The number of hydrogen-bond acceptors (Lipinski definition) is 3. The smallest absolute Gasteiger partial charge is 0.264 e. The van der Waals surface area contributed by atoms with E-state index in [1.54, 1.807) is 30.3 Å². The van der Waals surface area contributed by atoms with E-state index in [2.05, 4.69) is 4.72 Å². The Balaban J connectivity index is 1.78. The fraction of sp³-hybridized carbons (Fsp3) is 0.0526. The average Bonchev–Trinajstić information content (AvgIpc) is 2.60. The number of ether oxygens (including phenoxy) is 1. The number of hydrogen-bond donors (Lipinski definition) is 1. The largest absolute Gasteiger partial charge is 0.489 e. The highest BCUT2D eigenvalue weighted by Crippen LogP contribution is 2.31. The molecule has 0 heterocycles. The predicted molar refractivity (Wildman–Crippen MR) is 104 cm³/mol. The monoisotopic (exact) mass is 407 g/mol. The van der Waals surface area contributed by atoms with Gasteiger partial charge in [-0.1, -0.05) is 65.7 Å². The molecule has 0 bridgehead atoms. The molecule has 0 aliphatic rings. The quantitative estimate of drug-likeness (QED) is 0.596. The molecule has 0 aliphatic heterocycles. The summed E-state index contributed by atoms with van der Waals surface area (Å²) in [5.74, 6) is 0.541. The van der Waals surface area contributed by atoms with Crippen molar-refractivity contribution >= 4 is 38.9 Å². The molecule has 0 atom stereocenters. The first kappa shape index (κ1) is 18.6. The molecule has 0 aliphatic carbocycles. The maximum atomic E-state index is 12.6. The Kier molecular flexibility index (Phi) is 5.71. The molecule has 0 amide bonds. The van der Waals surface area contributed by atoms with Crippen LogP contribution in [0.2, 0.25) is 10.0 Å². The Morgan fingerprint density at radius 1 is 0.846 bits per heavy atom. The van der Waals surface area contributed by atoms with Gasteiger partial charge in [-0.3, -0.25) is 4.72 Å². The molecule has 3 aromatic carbocycles. The summed E-state index contributed by atoms with van der Waals surface area (Å²) in [6.45, 7) is 0.382. The molecule has 0 radical (unpaired) electrons. The summed E-state index contributed by atoms with van der Waals surface area (Å²) >= 11 is 12.0. The van der Waals surface area contributed by atoms with Gasteiger partial charge in [0.15, 0.2) is 0 Å². The van der Waals surface area contributed by atoms with Gasteiger partial charge in [-0.15, -0.1) is 0 Å². The maximum absolute atomic E-state index is 12.6. The third-order valence-electron chi connectivity index (χ3n) is 3.52. The molecule has 4 nitrogen and oxygen atoms in total. The summed E-state index contributed by atoms with van der Waals surface area (Å²) in [7, 11) is -3.93. The second-order valence-electron chi connectivity index (χ2n) is 5.46. The number of nitrogens with one attached hydrogen (secondary N) is 1. The lowest BCUT2D eigenvalue weighted by Gasteiger charge is -2.12. The fourth-order valence-corrected chi connectivity index (χ4v) is 4.53. The lowest BCUT2D eigenvalue weighted by Crippen LogP contribution is -2.14. The van der Waals surface area contributed by atoms with Gasteiger partial charge in [0, 0.05) is 6.07 Å². The summed E-state index contributed by atoms with van der Waals surface area (Å²) < 4.78 is 33.4. The first-order chi connectivity index (χ1) is 12.5. The molecule has 3 rings (SSSR count). The molecule has 0 unspecified atom stereocenters. The summed E-state index contributed by atoms with van der Waals surface area (Å²) in [6, 6.07) is 20.9. The lowest BCUT2D eigenvalue weighted by atomic mass is 10.2. The Morgan fingerprint density at radius 3 is 2.19 bits per heavy atom. The molecule has 3 aromatic rings. The van der Waals surface area contributed by atoms with Crippen molar-refractivity contribution in [2.45, 2.75) is 11.5 Å². The fourth-order valence-electron chi connectivity index (χ4n) is 2.34. The SMILES string of the molecule is O=S(=O)(Nc1cccc(OCc2ccccc2)c1)c1c(Cl)cccc1Cl. The molecule has 0 aromatic heterocycles. The summed E-state index contributed by atoms with van der Waals surface area (Å²) in [5, 5.41) is 0.114. The van der Waals surface area contributed by atoms with Crippen LogP contribution in [0, 0.1) is 0 Å². The molecule has 7 heteroatoms. The highest BCUT2D eigenvalue weighted by atomic mass is 35.5. The van der Waals surface area contributed by atoms with Crippen LogP contribution in [0.4, 0.5) is 5.69 Å². The molecule has 0 fully saturated rings. The van der Waals surface area contributed by atoms with Crippen molar-refractivity contribution in [3.05, 3.63) is 88.4 Å². The summed E-state index contributed by atoms with van der Waals surface area (Å²) in [5.41, 5.74) is 1.37. The van der Waals surface area contributed by atoms with Crippen molar-refractivity contribution in [2.24, 2.45) is 0 Å².